The van der Waals surface area contributed by atoms with Gasteiger partial charge in [-0.3, -0.25) is 9.71 Å². The van der Waals surface area contributed by atoms with Crippen LogP contribution in [0.3, 0.4) is 0 Å². The van der Waals surface area contributed by atoms with Gasteiger partial charge in [0.2, 0.25) is 0 Å². The standard InChI is InChI=1S/C20H14N4O2S2/c1-26-18-10-13(12-21)2-4-17(18)19-16-5-3-15(11-14(16)6-7-22-19)28(25)24-20-23-8-9-27-20/h2-11H,1H3,(H,23,24). The Labute approximate surface area is 168 Å². The highest BCUT2D eigenvalue weighted by atomic mass is 32.2. The van der Waals surface area contributed by atoms with Gasteiger partial charge in [0.05, 0.1) is 29.3 Å². The zero-order chi connectivity index (χ0) is 19.5. The predicted octanol–water partition coefficient (Wildman–Crippen LogP) is 4.37. The lowest BCUT2D eigenvalue weighted by Crippen LogP contribution is -2.04. The molecule has 2 aromatic carbocycles. The van der Waals surface area contributed by atoms with Crippen LogP contribution in [0, 0.1) is 11.3 Å². The minimum atomic E-state index is -1.41. The van der Waals surface area contributed by atoms with Crippen LogP contribution in [-0.2, 0) is 11.0 Å². The third-order valence-electron chi connectivity index (χ3n) is 4.15. The molecule has 0 saturated carbocycles. The summed E-state index contributed by atoms with van der Waals surface area (Å²) in [7, 11) is 0.153. The molecule has 28 heavy (non-hydrogen) atoms. The Kier molecular flexibility index (Phi) is 5.02. The lowest BCUT2D eigenvalue weighted by Gasteiger charge is -2.11. The van der Waals surface area contributed by atoms with Crippen molar-refractivity contribution in [3.63, 3.8) is 0 Å². The number of anilines is 1. The number of ether oxygens (including phenoxy) is 1. The molecule has 0 aliphatic rings. The summed E-state index contributed by atoms with van der Waals surface area (Å²) in [4.78, 5) is 9.26. The summed E-state index contributed by atoms with van der Waals surface area (Å²) in [5.41, 5.74) is 2.05. The molecule has 6 nitrogen and oxygen atoms in total. The lowest BCUT2D eigenvalue weighted by atomic mass is 10.0. The van der Waals surface area contributed by atoms with Gasteiger partial charge in [0.15, 0.2) is 16.1 Å². The Morgan fingerprint density at radius 3 is 2.79 bits per heavy atom. The fourth-order valence-corrected chi connectivity index (χ4v) is 4.40. The molecule has 1 atom stereocenters. The predicted molar refractivity (Wildman–Crippen MR) is 111 cm³/mol. The molecule has 138 valence electrons. The fraction of sp³-hybridized carbons (Fsp3) is 0.0500. The molecule has 2 heterocycles. The quantitative estimate of drug-likeness (QED) is 0.532. The van der Waals surface area contributed by atoms with Gasteiger partial charge in [-0.1, -0.05) is 6.07 Å². The molecule has 0 aliphatic heterocycles. The van der Waals surface area contributed by atoms with Crippen LogP contribution >= 0.6 is 11.3 Å². The van der Waals surface area contributed by atoms with Crippen LogP contribution in [0.4, 0.5) is 5.13 Å². The number of rotatable bonds is 5. The second-order valence-electron chi connectivity index (χ2n) is 5.78. The maximum absolute atomic E-state index is 12.6. The SMILES string of the molecule is COc1cc(C#N)ccc1-c1nccc2cc(S(=O)Nc3nccs3)ccc12. The van der Waals surface area contributed by atoms with Crippen LogP contribution in [0.5, 0.6) is 5.75 Å². The maximum Gasteiger partial charge on any atom is 0.194 e. The largest absolute Gasteiger partial charge is 0.496 e. The summed E-state index contributed by atoms with van der Waals surface area (Å²) < 4.78 is 20.9. The molecular formula is C20H14N4O2S2. The van der Waals surface area contributed by atoms with E-state index in [1.54, 1.807) is 37.7 Å². The molecule has 4 rings (SSSR count). The first-order valence-corrected chi connectivity index (χ1v) is 10.3. The van der Waals surface area contributed by atoms with Gasteiger partial charge in [-0.15, -0.1) is 11.3 Å². The van der Waals surface area contributed by atoms with Crippen molar-refractivity contribution in [1.82, 2.24) is 9.97 Å². The Bertz CT molecular complexity index is 1220. The summed E-state index contributed by atoms with van der Waals surface area (Å²) in [5, 5.41) is 13.3. The van der Waals surface area contributed by atoms with E-state index in [-0.39, 0.29) is 0 Å². The Balaban J connectivity index is 1.76. The number of aromatic nitrogens is 2. The number of nitrogens with one attached hydrogen (secondary N) is 1. The molecule has 8 heteroatoms. The molecule has 0 amide bonds. The maximum atomic E-state index is 12.6. The Hall–Kier alpha value is -3.28. The summed E-state index contributed by atoms with van der Waals surface area (Å²) in [6, 6.07) is 14.8. The van der Waals surface area contributed by atoms with Gasteiger partial charge in [-0.05, 0) is 41.8 Å². The van der Waals surface area contributed by atoms with Gasteiger partial charge >= 0.3 is 0 Å². The van der Waals surface area contributed by atoms with Crippen LogP contribution in [0.15, 0.2) is 65.1 Å². The van der Waals surface area contributed by atoms with Gasteiger partial charge in [-0.2, -0.15) is 5.26 Å². The Morgan fingerprint density at radius 1 is 1.14 bits per heavy atom. The minimum Gasteiger partial charge on any atom is -0.496 e. The molecule has 0 radical (unpaired) electrons. The summed E-state index contributed by atoms with van der Waals surface area (Å²) in [6.45, 7) is 0. The van der Waals surface area contributed by atoms with Crippen molar-refractivity contribution in [3.8, 4) is 23.1 Å². The third-order valence-corrected chi connectivity index (χ3v) is 6.03. The molecular weight excluding hydrogens is 392 g/mol. The lowest BCUT2D eigenvalue weighted by molar-refractivity contribution is 0.416. The van der Waals surface area contributed by atoms with Crippen LogP contribution < -0.4 is 9.46 Å². The number of pyridine rings is 1. The fourth-order valence-electron chi connectivity index (χ4n) is 2.85. The van der Waals surface area contributed by atoms with Crippen molar-refractivity contribution in [1.29, 1.82) is 5.26 Å². The van der Waals surface area contributed by atoms with Crippen molar-refractivity contribution in [2.24, 2.45) is 0 Å². The summed E-state index contributed by atoms with van der Waals surface area (Å²) in [5.74, 6) is 0.581. The van der Waals surface area contributed by atoms with Crippen LogP contribution in [0.2, 0.25) is 0 Å². The molecule has 0 aliphatic carbocycles. The van der Waals surface area contributed by atoms with E-state index in [0.717, 1.165) is 22.0 Å². The molecule has 0 saturated heterocycles. The van der Waals surface area contributed by atoms with E-state index >= 15 is 0 Å². The van der Waals surface area contributed by atoms with E-state index in [0.29, 0.717) is 21.3 Å². The normalized spacial score (nSPS) is 11.7. The van der Waals surface area contributed by atoms with E-state index in [1.807, 2.05) is 29.6 Å². The number of nitriles is 1. The van der Waals surface area contributed by atoms with E-state index in [9.17, 15) is 4.21 Å². The zero-order valence-corrected chi connectivity index (χ0v) is 16.4. The van der Waals surface area contributed by atoms with Crippen LogP contribution in [0.1, 0.15) is 5.56 Å². The van der Waals surface area contributed by atoms with E-state index in [1.165, 1.54) is 11.3 Å². The second-order valence-corrected chi connectivity index (χ2v) is 7.88. The molecule has 1 N–H and O–H groups in total. The number of hydrogen-bond acceptors (Lipinski definition) is 6. The van der Waals surface area contributed by atoms with Gasteiger partial charge < -0.3 is 4.74 Å². The number of fused-ring (bicyclic) bond motifs is 1. The topological polar surface area (TPSA) is 87.9 Å². The molecule has 0 bridgehead atoms. The van der Waals surface area contributed by atoms with Crippen molar-refractivity contribution in [3.05, 3.63) is 65.8 Å². The third kappa shape index (κ3) is 3.45. The molecule has 4 aromatic rings. The smallest absolute Gasteiger partial charge is 0.194 e. The number of nitrogens with zero attached hydrogens (tertiary/aromatic N) is 3. The highest BCUT2D eigenvalue weighted by Gasteiger charge is 2.13. The first kappa shape index (κ1) is 18.1. The zero-order valence-electron chi connectivity index (χ0n) is 14.7. The van der Waals surface area contributed by atoms with Gasteiger partial charge in [0.1, 0.15) is 5.75 Å². The number of hydrogen-bond donors (Lipinski definition) is 1. The number of thiazole rings is 1. The van der Waals surface area contributed by atoms with Crippen molar-refractivity contribution < 1.29 is 8.95 Å². The monoisotopic (exact) mass is 406 g/mol. The second kappa shape index (κ2) is 7.76. The first-order chi connectivity index (χ1) is 13.7. The highest BCUT2D eigenvalue weighted by Crippen LogP contribution is 2.34. The van der Waals surface area contributed by atoms with E-state index in [4.69, 9.17) is 10.00 Å². The van der Waals surface area contributed by atoms with Crippen molar-refractivity contribution in [2.75, 3.05) is 11.8 Å². The number of methoxy groups -OCH3 is 1. The van der Waals surface area contributed by atoms with Gasteiger partial charge in [0, 0.05) is 28.7 Å². The Morgan fingerprint density at radius 2 is 2.04 bits per heavy atom. The molecule has 1 unspecified atom stereocenters. The summed E-state index contributed by atoms with van der Waals surface area (Å²) in [6.07, 6.45) is 3.36. The number of benzene rings is 2. The van der Waals surface area contributed by atoms with Crippen molar-refractivity contribution in [2.45, 2.75) is 4.90 Å². The van der Waals surface area contributed by atoms with Crippen molar-refractivity contribution >= 4 is 38.2 Å². The summed E-state index contributed by atoms with van der Waals surface area (Å²) >= 11 is 1.39. The minimum absolute atomic E-state index is 0.520. The van der Waals surface area contributed by atoms with Gasteiger partial charge in [0.25, 0.3) is 0 Å². The highest BCUT2D eigenvalue weighted by molar-refractivity contribution is 7.86. The van der Waals surface area contributed by atoms with Crippen LogP contribution in [0.25, 0.3) is 22.0 Å². The molecule has 2 aromatic heterocycles. The van der Waals surface area contributed by atoms with E-state index in [2.05, 4.69) is 20.8 Å². The first-order valence-electron chi connectivity index (χ1n) is 8.25. The molecule has 0 spiro atoms. The van der Waals surface area contributed by atoms with E-state index < -0.39 is 11.0 Å². The average molecular weight is 406 g/mol. The average Bonchev–Trinajstić information content (AvgIpc) is 3.25. The van der Waals surface area contributed by atoms with Gasteiger partial charge in [-0.25, -0.2) is 9.19 Å². The van der Waals surface area contributed by atoms with Crippen LogP contribution in [-0.4, -0.2) is 21.3 Å². The molecule has 0 fully saturated rings.